The zero-order valence-electron chi connectivity index (χ0n) is 19.6. The minimum Gasteiger partial charge on any atom is -0.339 e. The molecule has 0 bridgehead atoms. The monoisotopic (exact) mass is 481 g/mol. The van der Waals surface area contributed by atoms with Crippen molar-refractivity contribution in [3.8, 4) is 11.8 Å². The smallest absolute Gasteiger partial charge is 0.267 e. The molecule has 0 aliphatic rings. The minimum absolute atomic E-state index is 0. The molecule has 9 heteroatoms. The summed E-state index contributed by atoms with van der Waals surface area (Å²) in [7, 11) is 1.92. The number of carbonyl (C=O) groups is 3. The molecule has 2 aromatic rings. The number of carbonyl (C=O) groups excluding carboxylic acids is 3. The maximum Gasteiger partial charge on any atom is 0.267 e. The first kappa shape index (κ1) is 29.3. The summed E-state index contributed by atoms with van der Waals surface area (Å²) >= 11 is 0. The fraction of sp³-hybridized carbons (Fsp3) is 0.346. The van der Waals surface area contributed by atoms with Crippen molar-refractivity contribution in [2.45, 2.75) is 27.3 Å². The molecule has 0 aromatic heterocycles. The average molecular weight is 482 g/mol. The minimum atomic E-state index is -1.04. The van der Waals surface area contributed by atoms with E-state index in [1.54, 1.807) is 36.4 Å². The van der Waals surface area contributed by atoms with E-state index in [1.165, 1.54) is 5.48 Å². The Balaban J connectivity index is 0.00000612. The Morgan fingerprint density at radius 3 is 2.03 bits per heavy atom. The molecule has 0 aliphatic heterocycles. The number of amides is 3. The van der Waals surface area contributed by atoms with Crippen molar-refractivity contribution in [2.75, 3.05) is 32.0 Å². The standard InChI is InChI=1S/C25H31N5O4.CH4/c1-17(2)15-30(3)16-23(31)27-21-12-8-19(9-13-21)5-4-18-6-10-20(11-7-18)24(32)28-22(14-26)25(33)29-34;/h6-13,17,22,34H,14-16,26H2,1-3H3,(H,27,31)(H,28,32)(H,29,33);1H4/t22-;/m0./s1. The normalized spacial score (nSPS) is 11.1. The molecule has 2 aromatic carbocycles. The number of hydrogen-bond acceptors (Lipinski definition) is 6. The van der Waals surface area contributed by atoms with E-state index in [1.807, 2.05) is 24.1 Å². The van der Waals surface area contributed by atoms with E-state index >= 15 is 0 Å². The van der Waals surface area contributed by atoms with E-state index in [-0.39, 0.29) is 19.9 Å². The number of hydroxylamine groups is 1. The van der Waals surface area contributed by atoms with Gasteiger partial charge in [-0.3, -0.25) is 24.5 Å². The van der Waals surface area contributed by atoms with Crippen molar-refractivity contribution in [3.63, 3.8) is 0 Å². The summed E-state index contributed by atoms with van der Waals surface area (Å²) in [6.07, 6.45) is 0. The van der Waals surface area contributed by atoms with Gasteiger partial charge in [-0.25, -0.2) is 5.48 Å². The lowest BCUT2D eigenvalue weighted by molar-refractivity contribution is -0.130. The van der Waals surface area contributed by atoms with Crippen LogP contribution in [0.4, 0.5) is 5.69 Å². The van der Waals surface area contributed by atoms with E-state index in [9.17, 15) is 14.4 Å². The van der Waals surface area contributed by atoms with Crippen molar-refractivity contribution in [3.05, 3.63) is 65.2 Å². The highest BCUT2D eigenvalue weighted by Crippen LogP contribution is 2.10. The molecule has 35 heavy (non-hydrogen) atoms. The highest BCUT2D eigenvalue weighted by molar-refractivity contribution is 5.97. The van der Waals surface area contributed by atoms with Crippen LogP contribution < -0.4 is 21.8 Å². The molecule has 0 spiro atoms. The molecule has 0 heterocycles. The number of rotatable bonds is 9. The summed E-state index contributed by atoms with van der Waals surface area (Å²) in [5.41, 5.74) is 9.41. The Kier molecular flexibility index (Phi) is 12.2. The van der Waals surface area contributed by atoms with Gasteiger partial charge in [-0.15, -0.1) is 0 Å². The van der Waals surface area contributed by atoms with Crippen LogP contribution in [0, 0.1) is 17.8 Å². The fourth-order valence-electron chi connectivity index (χ4n) is 3.17. The molecule has 6 N–H and O–H groups in total. The van der Waals surface area contributed by atoms with Crippen LogP contribution in [-0.4, -0.2) is 60.6 Å². The van der Waals surface area contributed by atoms with Gasteiger partial charge < -0.3 is 16.4 Å². The van der Waals surface area contributed by atoms with Gasteiger partial charge in [0.05, 0.1) is 6.54 Å². The molecule has 2 rings (SSSR count). The van der Waals surface area contributed by atoms with Gasteiger partial charge in [0.15, 0.2) is 0 Å². The Morgan fingerprint density at radius 2 is 1.54 bits per heavy atom. The number of likely N-dealkylation sites (N-methyl/N-ethyl adjacent to an activating group) is 1. The van der Waals surface area contributed by atoms with Gasteiger partial charge in [-0.2, -0.15) is 0 Å². The third-order valence-electron chi connectivity index (χ3n) is 4.72. The molecule has 0 radical (unpaired) electrons. The van der Waals surface area contributed by atoms with E-state index in [4.69, 9.17) is 10.9 Å². The summed E-state index contributed by atoms with van der Waals surface area (Å²) in [6, 6.07) is 12.7. The first-order valence-electron chi connectivity index (χ1n) is 10.9. The number of nitrogens with zero attached hydrogens (tertiary/aromatic N) is 1. The summed E-state index contributed by atoms with van der Waals surface area (Å²) < 4.78 is 0. The van der Waals surface area contributed by atoms with Crippen LogP contribution >= 0.6 is 0 Å². The maximum atomic E-state index is 12.2. The van der Waals surface area contributed by atoms with Crippen LogP contribution in [0.5, 0.6) is 0 Å². The molecule has 9 nitrogen and oxygen atoms in total. The highest BCUT2D eigenvalue weighted by atomic mass is 16.5. The van der Waals surface area contributed by atoms with Crippen LogP contribution in [0.15, 0.2) is 48.5 Å². The zero-order valence-corrected chi connectivity index (χ0v) is 19.6. The van der Waals surface area contributed by atoms with E-state index in [0.29, 0.717) is 29.3 Å². The molecule has 0 unspecified atom stereocenters. The molecular formula is C26H35N5O4. The quantitative estimate of drug-likeness (QED) is 0.210. The van der Waals surface area contributed by atoms with Gasteiger partial charge in [-0.1, -0.05) is 33.1 Å². The van der Waals surface area contributed by atoms with Gasteiger partial charge >= 0.3 is 0 Å². The predicted octanol–water partition coefficient (Wildman–Crippen LogP) is 1.81. The third-order valence-corrected chi connectivity index (χ3v) is 4.72. The van der Waals surface area contributed by atoms with Crippen molar-refractivity contribution >= 4 is 23.4 Å². The largest absolute Gasteiger partial charge is 0.339 e. The van der Waals surface area contributed by atoms with Crippen LogP contribution in [0.1, 0.15) is 42.8 Å². The summed E-state index contributed by atoms with van der Waals surface area (Å²) in [6.45, 7) is 5.24. The van der Waals surface area contributed by atoms with Crippen molar-refractivity contribution in [1.29, 1.82) is 0 Å². The second kappa shape index (κ2) is 14.5. The van der Waals surface area contributed by atoms with Crippen LogP contribution in [-0.2, 0) is 9.59 Å². The van der Waals surface area contributed by atoms with Crippen LogP contribution in [0.2, 0.25) is 0 Å². The van der Waals surface area contributed by atoms with Crippen molar-refractivity contribution in [1.82, 2.24) is 15.7 Å². The summed E-state index contributed by atoms with van der Waals surface area (Å²) in [4.78, 5) is 37.8. The van der Waals surface area contributed by atoms with Crippen molar-refractivity contribution < 1.29 is 19.6 Å². The van der Waals surface area contributed by atoms with Gasteiger partial charge in [0.2, 0.25) is 5.91 Å². The summed E-state index contributed by atoms with van der Waals surface area (Å²) in [5, 5.41) is 14.0. The number of benzene rings is 2. The van der Waals surface area contributed by atoms with Crippen LogP contribution in [0.3, 0.4) is 0 Å². The van der Waals surface area contributed by atoms with Gasteiger partial charge in [0.1, 0.15) is 6.04 Å². The first-order valence-corrected chi connectivity index (χ1v) is 10.9. The van der Waals surface area contributed by atoms with Gasteiger partial charge in [0.25, 0.3) is 11.8 Å². The predicted molar refractivity (Wildman–Crippen MR) is 137 cm³/mol. The molecule has 188 valence electrons. The number of nitrogens with two attached hydrogens (primary N) is 1. The summed E-state index contributed by atoms with van der Waals surface area (Å²) in [5.74, 6) is 5.20. The van der Waals surface area contributed by atoms with Crippen LogP contribution in [0.25, 0.3) is 0 Å². The Bertz CT molecular complexity index is 1040. The highest BCUT2D eigenvalue weighted by Gasteiger charge is 2.19. The molecular weight excluding hydrogens is 446 g/mol. The maximum absolute atomic E-state index is 12.2. The van der Waals surface area contributed by atoms with E-state index in [2.05, 4.69) is 36.3 Å². The molecule has 0 saturated heterocycles. The number of hydrogen-bond donors (Lipinski definition) is 5. The average Bonchev–Trinajstić information content (AvgIpc) is 2.81. The lowest BCUT2D eigenvalue weighted by Crippen LogP contribution is -2.50. The Morgan fingerprint density at radius 1 is 1.00 bits per heavy atom. The van der Waals surface area contributed by atoms with Crippen molar-refractivity contribution in [2.24, 2.45) is 11.7 Å². The number of nitrogens with one attached hydrogen (secondary N) is 3. The van der Waals surface area contributed by atoms with Gasteiger partial charge in [0, 0.05) is 35.5 Å². The number of anilines is 1. The van der Waals surface area contributed by atoms with E-state index in [0.717, 1.165) is 12.1 Å². The topological polar surface area (TPSA) is 137 Å². The molecule has 0 aliphatic carbocycles. The Labute approximate surface area is 207 Å². The lowest BCUT2D eigenvalue weighted by Gasteiger charge is -2.18. The lowest BCUT2D eigenvalue weighted by atomic mass is 10.1. The Hall–Kier alpha value is -3.71. The van der Waals surface area contributed by atoms with Gasteiger partial charge in [-0.05, 0) is 61.5 Å². The second-order valence-electron chi connectivity index (χ2n) is 8.28. The third kappa shape index (κ3) is 9.98. The molecule has 0 fully saturated rings. The van der Waals surface area contributed by atoms with E-state index < -0.39 is 17.9 Å². The fourth-order valence-corrected chi connectivity index (χ4v) is 3.17. The molecule has 3 amide bonds. The molecule has 0 saturated carbocycles. The first-order chi connectivity index (χ1) is 16.2. The SMILES string of the molecule is C.CC(C)CN(C)CC(=O)Nc1ccc(C#Cc2ccc(C(=O)N[C@@H](CN)C(=O)NO)cc2)cc1. The second-order valence-corrected chi connectivity index (χ2v) is 8.28. The molecule has 1 atom stereocenters. The zero-order chi connectivity index (χ0) is 25.1.